The van der Waals surface area contributed by atoms with Gasteiger partial charge in [0.1, 0.15) is 5.75 Å². The normalized spacial score (nSPS) is 12.9. The molecule has 0 N–H and O–H groups in total. The number of rotatable bonds is 3. The van der Waals surface area contributed by atoms with Gasteiger partial charge in [0.25, 0.3) is 0 Å². The molecule has 0 amide bonds. The number of hydrogen-bond donors (Lipinski definition) is 0. The summed E-state index contributed by atoms with van der Waals surface area (Å²) in [6.07, 6.45) is 0. The van der Waals surface area contributed by atoms with Gasteiger partial charge in [0.15, 0.2) is 0 Å². The Bertz CT molecular complexity index is 1070. The van der Waals surface area contributed by atoms with Gasteiger partial charge in [-0.1, -0.05) is 11.6 Å². The minimum Gasteiger partial charge on any atom is -0.497 e. The molecule has 8 heteroatoms. The Morgan fingerprint density at radius 1 is 0.962 bits per heavy atom. The first kappa shape index (κ1) is 16.4. The van der Waals surface area contributed by atoms with E-state index in [2.05, 4.69) is 4.98 Å². The summed E-state index contributed by atoms with van der Waals surface area (Å²) in [4.78, 5) is 31.4. The van der Waals surface area contributed by atoms with Crippen molar-refractivity contribution in [2.45, 2.75) is 6.54 Å². The lowest BCUT2D eigenvalue weighted by Crippen LogP contribution is -2.40. The fourth-order valence-electron chi connectivity index (χ4n) is 3.00. The van der Waals surface area contributed by atoms with E-state index in [4.69, 9.17) is 16.3 Å². The van der Waals surface area contributed by atoms with Crippen LogP contribution >= 0.6 is 11.6 Å². The molecule has 1 aliphatic rings. The summed E-state index contributed by atoms with van der Waals surface area (Å²) in [5.74, 6) is 1.08. The van der Waals surface area contributed by atoms with Gasteiger partial charge in [-0.3, -0.25) is 4.57 Å². The molecule has 2 aromatic carbocycles. The predicted molar refractivity (Wildman–Crippen MR) is 99.1 cm³/mol. The highest BCUT2D eigenvalue weighted by atomic mass is 35.5. The van der Waals surface area contributed by atoms with Crippen LogP contribution in [0.2, 0.25) is 5.02 Å². The molecule has 1 aliphatic heterocycles. The van der Waals surface area contributed by atoms with Gasteiger partial charge in [0.05, 0.1) is 12.8 Å². The number of methoxy groups -OCH3 is 1. The Kier molecular flexibility index (Phi) is 4.00. The van der Waals surface area contributed by atoms with Crippen LogP contribution < -0.4 is 21.0 Å². The molecule has 0 radical (unpaired) electrons. The van der Waals surface area contributed by atoms with Crippen molar-refractivity contribution in [3.8, 4) is 11.4 Å². The summed E-state index contributed by atoms with van der Waals surface area (Å²) in [5, 5.41) is 0.529. The summed E-state index contributed by atoms with van der Waals surface area (Å²) in [5.41, 5.74) is 0.241. The molecule has 0 aliphatic carbocycles. The van der Waals surface area contributed by atoms with Crippen molar-refractivity contribution in [1.82, 2.24) is 14.1 Å². The van der Waals surface area contributed by atoms with Crippen LogP contribution in [0.5, 0.6) is 5.75 Å². The third-order valence-electron chi connectivity index (χ3n) is 4.31. The lowest BCUT2D eigenvalue weighted by atomic mass is 10.3. The monoisotopic (exact) mass is 370 g/mol. The second-order valence-corrected chi connectivity index (χ2v) is 6.23. The van der Waals surface area contributed by atoms with Gasteiger partial charge in [-0.05, 0) is 48.5 Å². The van der Waals surface area contributed by atoms with E-state index in [0.717, 1.165) is 16.0 Å². The number of hydrogen-bond acceptors (Lipinski definition) is 5. The molecule has 0 bridgehead atoms. The summed E-state index contributed by atoms with van der Waals surface area (Å²) in [6.45, 7) is 1.000. The maximum atomic E-state index is 12.9. The minimum atomic E-state index is -0.621. The van der Waals surface area contributed by atoms with Crippen molar-refractivity contribution in [1.29, 1.82) is 0 Å². The molecule has 0 spiro atoms. The average Bonchev–Trinajstić information content (AvgIpc) is 3.07. The molecule has 0 unspecified atom stereocenters. The van der Waals surface area contributed by atoms with Gasteiger partial charge in [0, 0.05) is 23.8 Å². The number of halogens is 1. The fraction of sp³-hybridized carbons (Fsp3) is 0.167. The van der Waals surface area contributed by atoms with Gasteiger partial charge < -0.3 is 9.64 Å². The molecule has 26 heavy (non-hydrogen) atoms. The van der Waals surface area contributed by atoms with Crippen LogP contribution in [0.25, 0.3) is 5.69 Å². The van der Waals surface area contributed by atoms with Crippen LogP contribution in [0.15, 0.2) is 58.1 Å². The Morgan fingerprint density at radius 2 is 1.62 bits per heavy atom. The van der Waals surface area contributed by atoms with Gasteiger partial charge in [-0.2, -0.15) is 4.98 Å². The van der Waals surface area contributed by atoms with Gasteiger partial charge in [-0.25, -0.2) is 14.2 Å². The van der Waals surface area contributed by atoms with Crippen LogP contribution in [-0.2, 0) is 6.54 Å². The zero-order chi connectivity index (χ0) is 18.3. The first-order valence-electron chi connectivity index (χ1n) is 8.00. The first-order valence-corrected chi connectivity index (χ1v) is 8.38. The van der Waals surface area contributed by atoms with E-state index in [1.54, 1.807) is 31.4 Å². The maximum absolute atomic E-state index is 12.9. The van der Waals surface area contributed by atoms with Crippen LogP contribution in [0.4, 0.5) is 11.6 Å². The quantitative estimate of drug-likeness (QED) is 0.707. The Morgan fingerprint density at radius 3 is 2.27 bits per heavy atom. The summed E-state index contributed by atoms with van der Waals surface area (Å²) in [6, 6.07) is 13.9. The number of anilines is 2. The van der Waals surface area contributed by atoms with Crippen LogP contribution in [-0.4, -0.2) is 27.8 Å². The molecule has 0 saturated heterocycles. The Hall–Kier alpha value is -3.06. The highest BCUT2D eigenvalue weighted by Crippen LogP contribution is 2.27. The number of nitrogens with zero attached hydrogens (tertiary/aromatic N) is 4. The lowest BCUT2D eigenvalue weighted by molar-refractivity contribution is 0.415. The predicted octanol–water partition coefficient (Wildman–Crippen LogP) is 2.21. The molecule has 0 fully saturated rings. The SMILES string of the molecule is COc1ccc(N2CCn3c2nc(=O)n(-c2ccc(Cl)cc2)c3=O)cc1. The molecule has 0 atom stereocenters. The Labute approximate surface area is 153 Å². The number of aromatic nitrogens is 3. The van der Waals surface area contributed by atoms with E-state index in [0.29, 0.717) is 29.7 Å². The maximum Gasteiger partial charge on any atom is 0.359 e. The largest absolute Gasteiger partial charge is 0.497 e. The highest BCUT2D eigenvalue weighted by Gasteiger charge is 2.26. The van der Waals surface area contributed by atoms with Crippen LogP contribution in [0, 0.1) is 0 Å². The van der Waals surface area contributed by atoms with Crippen molar-refractivity contribution in [2.24, 2.45) is 0 Å². The van der Waals surface area contributed by atoms with Crippen molar-refractivity contribution >= 4 is 23.2 Å². The van der Waals surface area contributed by atoms with Gasteiger partial charge in [0.2, 0.25) is 5.95 Å². The third-order valence-corrected chi connectivity index (χ3v) is 4.56. The van der Waals surface area contributed by atoms with E-state index in [1.165, 1.54) is 4.57 Å². The van der Waals surface area contributed by atoms with Crippen molar-refractivity contribution < 1.29 is 4.74 Å². The smallest absolute Gasteiger partial charge is 0.359 e. The zero-order valence-electron chi connectivity index (χ0n) is 13.9. The molecule has 1 aromatic heterocycles. The second kappa shape index (κ2) is 6.34. The highest BCUT2D eigenvalue weighted by molar-refractivity contribution is 6.30. The molecule has 3 aromatic rings. The van der Waals surface area contributed by atoms with Gasteiger partial charge in [-0.15, -0.1) is 0 Å². The van der Waals surface area contributed by atoms with Crippen molar-refractivity contribution in [2.75, 3.05) is 18.6 Å². The average molecular weight is 371 g/mol. The Balaban J connectivity index is 1.80. The summed E-state index contributed by atoms with van der Waals surface area (Å²) >= 11 is 5.88. The molecular formula is C18H15ClN4O3. The molecule has 7 nitrogen and oxygen atoms in total. The molecule has 0 saturated carbocycles. The number of ether oxygens (including phenoxy) is 1. The van der Waals surface area contributed by atoms with Crippen molar-refractivity contribution in [3.63, 3.8) is 0 Å². The van der Waals surface area contributed by atoms with Gasteiger partial charge >= 0.3 is 11.4 Å². The molecular weight excluding hydrogens is 356 g/mol. The first-order chi connectivity index (χ1) is 12.6. The minimum absolute atomic E-state index is 0.343. The fourth-order valence-corrected chi connectivity index (χ4v) is 3.13. The van der Waals surface area contributed by atoms with Crippen LogP contribution in [0.3, 0.4) is 0 Å². The molecule has 132 valence electrons. The zero-order valence-corrected chi connectivity index (χ0v) is 14.7. The summed E-state index contributed by atoms with van der Waals surface area (Å²) in [7, 11) is 1.60. The standard InChI is InChI=1S/C18H15ClN4O3/c1-26-15-8-6-13(7-9-15)21-10-11-22-16(21)20-17(24)23(18(22)25)14-4-2-12(19)3-5-14/h2-9H,10-11H2,1H3. The van der Waals surface area contributed by atoms with E-state index in [1.807, 2.05) is 29.2 Å². The van der Waals surface area contributed by atoms with Crippen molar-refractivity contribution in [3.05, 3.63) is 74.5 Å². The molecule has 2 heterocycles. The van der Waals surface area contributed by atoms with E-state index < -0.39 is 11.4 Å². The van der Waals surface area contributed by atoms with Crippen LogP contribution in [0.1, 0.15) is 0 Å². The van der Waals surface area contributed by atoms with E-state index in [9.17, 15) is 9.59 Å². The van der Waals surface area contributed by atoms with E-state index >= 15 is 0 Å². The second-order valence-electron chi connectivity index (χ2n) is 5.79. The molecule has 4 rings (SSSR count). The number of fused-ring (bicyclic) bond motifs is 1. The number of benzene rings is 2. The lowest BCUT2D eigenvalue weighted by Gasteiger charge is -2.17. The topological polar surface area (TPSA) is 69.4 Å². The van der Waals surface area contributed by atoms with E-state index in [-0.39, 0.29) is 0 Å². The third kappa shape index (κ3) is 2.66. The summed E-state index contributed by atoms with van der Waals surface area (Å²) < 4.78 is 7.71.